The van der Waals surface area contributed by atoms with E-state index in [1.54, 1.807) is 12.4 Å². The van der Waals surface area contributed by atoms with Crippen LogP contribution in [-0.4, -0.2) is 43.9 Å². The first-order valence-corrected chi connectivity index (χ1v) is 9.03. The molecule has 0 atom stereocenters. The van der Waals surface area contributed by atoms with Crippen molar-refractivity contribution in [1.82, 2.24) is 30.3 Å². The van der Waals surface area contributed by atoms with Gasteiger partial charge in [0.05, 0.1) is 23.1 Å². The smallest absolute Gasteiger partial charge is 0.225 e. The zero-order valence-corrected chi connectivity index (χ0v) is 16.0. The highest BCUT2D eigenvalue weighted by Crippen LogP contribution is 2.34. The van der Waals surface area contributed by atoms with Gasteiger partial charge in [-0.05, 0) is 43.5 Å². The molecule has 28 heavy (non-hydrogen) atoms. The minimum Gasteiger partial charge on any atom is -0.361 e. The lowest BCUT2D eigenvalue weighted by Crippen LogP contribution is -2.22. The normalized spacial score (nSPS) is 11.0. The van der Waals surface area contributed by atoms with Gasteiger partial charge in [0.15, 0.2) is 0 Å². The van der Waals surface area contributed by atoms with Gasteiger partial charge in [-0.3, -0.25) is 10.1 Å². The van der Waals surface area contributed by atoms with Gasteiger partial charge in [-0.1, -0.05) is 5.16 Å². The standard InChI is InChI=1S/C20H21N7O/c1-13-18(14(2)28-26-13)19-17(16-4-7-21-8-5-16)12-22-20(25-19)27(3)9-6-15-10-23-24-11-15/h4-5,7-8,10-12H,6,9H2,1-3H3,(H,23,24). The van der Waals surface area contributed by atoms with Gasteiger partial charge in [0.25, 0.3) is 0 Å². The van der Waals surface area contributed by atoms with Gasteiger partial charge in [0, 0.05) is 43.9 Å². The maximum absolute atomic E-state index is 5.39. The average molecular weight is 375 g/mol. The molecule has 0 aliphatic carbocycles. The summed E-state index contributed by atoms with van der Waals surface area (Å²) >= 11 is 0. The minimum atomic E-state index is 0.649. The van der Waals surface area contributed by atoms with Gasteiger partial charge in [-0.25, -0.2) is 9.97 Å². The number of likely N-dealkylation sites (N-methyl/N-ethyl adjacent to an activating group) is 1. The van der Waals surface area contributed by atoms with Crippen LogP contribution in [0.3, 0.4) is 0 Å². The molecule has 4 heterocycles. The molecule has 0 aliphatic rings. The third-order valence-electron chi connectivity index (χ3n) is 4.67. The number of aryl methyl sites for hydroxylation is 2. The molecule has 0 spiro atoms. The molecule has 4 aromatic heterocycles. The topological polar surface area (TPSA) is 96.6 Å². The molecule has 0 saturated carbocycles. The lowest BCUT2D eigenvalue weighted by Gasteiger charge is -2.18. The Labute approximate surface area is 162 Å². The van der Waals surface area contributed by atoms with E-state index in [9.17, 15) is 0 Å². The van der Waals surface area contributed by atoms with Gasteiger partial charge in [-0.2, -0.15) is 5.10 Å². The molecule has 0 aromatic carbocycles. The predicted molar refractivity (Wildman–Crippen MR) is 106 cm³/mol. The quantitative estimate of drug-likeness (QED) is 0.553. The summed E-state index contributed by atoms with van der Waals surface area (Å²) in [6, 6.07) is 3.89. The van der Waals surface area contributed by atoms with Crippen LogP contribution >= 0.6 is 0 Å². The second-order valence-corrected chi connectivity index (χ2v) is 6.65. The summed E-state index contributed by atoms with van der Waals surface area (Å²) < 4.78 is 5.39. The molecule has 0 bridgehead atoms. The molecule has 0 unspecified atom stereocenters. The summed E-state index contributed by atoms with van der Waals surface area (Å²) in [7, 11) is 1.98. The van der Waals surface area contributed by atoms with Crippen molar-refractivity contribution in [2.45, 2.75) is 20.3 Å². The van der Waals surface area contributed by atoms with Crippen molar-refractivity contribution >= 4 is 5.95 Å². The Morgan fingerprint density at radius 1 is 1.14 bits per heavy atom. The molecule has 142 valence electrons. The summed E-state index contributed by atoms with van der Waals surface area (Å²) in [5.74, 6) is 1.38. The van der Waals surface area contributed by atoms with E-state index in [4.69, 9.17) is 9.51 Å². The number of nitrogens with one attached hydrogen (secondary N) is 1. The van der Waals surface area contributed by atoms with Crippen LogP contribution in [0.4, 0.5) is 5.95 Å². The van der Waals surface area contributed by atoms with E-state index in [0.717, 1.165) is 52.4 Å². The Balaban J connectivity index is 1.73. The highest BCUT2D eigenvalue weighted by atomic mass is 16.5. The maximum Gasteiger partial charge on any atom is 0.225 e. The van der Waals surface area contributed by atoms with Crippen molar-refractivity contribution in [2.24, 2.45) is 0 Å². The molecule has 0 saturated heterocycles. The first kappa shape index (κ1) is 17.8. The van der Waals surface area contributed by atoms with Crippen molar-refractivity contribution in [1.29, 1.82) is 0 Å². The second-order valence-electron chi connectivity index (χ2n) is 6.65. The van der Waals surface area contributed by atoms with Crippen LogP contribution in [0.1, 0.15) is 17.0 Å². The SMILES string of the molecule is Cc1noc(C)c1-c1nc(N(C)CCc2cn[nH]c2)ncc1-c1ccncc1. The van der Waals surface area contributed by atoms with E-state index in [1.807, 2.05) is 56.5 Å². The van der Waals surface area contributed by atoms with Crippen LogP contribution in [0.15, 0.2) is 47.6 Å². The lowest BCUT2D eigenvalue weighted by molar-refractivity contribution is 0.393. The van der Waals surface area contributed by atoms with E-state index in [0.29, 0.717) is 5.95 Å². The summed E-state index contributed by atoms with van der Waals surface area (Å²) in [5, 5.41) is 10.9. The summed E-state index contributed by atoms with van der Waals surface area (Å²) in [4.78, 5) is 15.6. The Kier molecular flexibility index (Phi) is 4.84. The van der Waals surface area contributed by atoms with Gasteiger partial charge in [-0.15, -0.1) is 0 Å². The highest BCUT2D eigenvalue weighted by Gasteiger charge is 2.20. The van der Waals surface area contributed by atoms with Crippen molar-refractivity contribution in [3.05, 3.63) is 60.1 Å². The summed E-state index contributed by atoms with van der Waals surface area (Å²) in [6.07, 6.45) is 9.96. The molecule has 0 fully saturated rings. The largest absolute Gasteiger partial charge is 0.361 e. The molecule has 0 radical (unpaired) electrons. The fraction of sp³-hybridized carbons (Fsp3) is 0.250. The van der Waals surface area contributed by atoms with Crippen LogP contribution < -0.4 is 4.90 Å². The van der Waals surface area contributed by atoms with Gasteiger partial charge >= 0.3 is 0 Å². The fourth-order valence-corrected chi connectivity index (χ4v) is 3.12. The number of anilines is 1. The molecule has 8 nitrogen and oxygen atoms in total. The van der Waals surface area contributed by atoms with Crippen molar-refractivity contribution < 1.29 is 4.52 Å². The fourth-order valence-electron chi connectivity index (χ4n) is 3.12. The zero-order chi connectivity index (χ0) is 19.5. The Hall–Kier alpha value is -3.55. The Bertz CT molecular complexity index is 1040. The number of aromatic nitrogens is 6. The van der Waals surface area contributed by atoms with Crippen LogP contribution in [0.2, 0.25) is 0 Å². The number of pyridine rings is 1. The molecular formula is C20H21N7O. The molecule has 4 rings (SSSR count). The van der Waals surface area contributed by atoms with E-state index >= 15 is 0 Å². The molecule has 8 heteroatoms. The van der Waals surface area contributed by atoms with Crippen LogP contribution in [-0.2, 0) is 6.42 Å². The monoisotopic (exact) mass is 375 g/mol. The van der Waals surface area contributed by atoms with Crippen LogP contribution in [0.5, 0.6) is 0 Å². The number of aromatic amines is 1. The molecule has 4 aromatic rings. The van der Waals surface area contributed by atoms with Crippen LogP contribution in [0, 0.1) is 13.8 Å². The van der Waals surface area contributed by atoms with Gasteiger partial charge < -0.3 is 9.42 Å². The molecule has 0 amide bonds. The van der Waals surface area contributed by atoms with Crippen molar-refractivity contribution in [2.75, 3.05) is 18.5 Å². The third kappa shape index (κ3) is 3.48. The number of H-pyrrole nitrogens is 1. The highest BCUT2D eigenvalue weighted by molar-refractivity contribution is 5.82. The van der Waals surface area contributed by atoms with E-state index in [-0.39, 0.29) is 0 Å². The predicted octanol–water partition coefficient (Wildman–Crippen LogP) is 3.21. The van der Waals surface area contributed by atoms with E-state index < -0.39 is 0 Å². The van der Waals surface area contributed by atoms with E-state index in [1.165, 1.54) is 0 Å². The van der Waals surface area contributed by atoms with Crippen molar-refractivity contribution in [3.8, 4) is 22.4 Å². The first-order valence-electron chi connectivity index (χ1n) is 9.03. The number of hydrogen-bond acceptors (Lipinski definition) is 7. The number of hydrogen-bond donors (Lipinski definition) is 1. The third-order valence-corrected chi connectivity index (χ3v) is 4.67. The molecule has 0 aliphatic heterocycles. The lowest BCUT2D eigenvalue weighted by atomic mass is 10.0. The van der Waals surface area contributed by atoms with E-state index in [2.05, 4.69) is 25.3 Å². The Morgan fingerprint density at radius 2 is 1.96 bits per heavy atom. The van der Waals surface area contributed by atoms with Crippen LogP contribution in [0.25, 0.3) is 22.4 Å². The first-order chi connectivity index (χ1) is 13.6. The van der Waals surface area contributed by atoms with Crippen molar-refractivity contribution in [3.63, 3.8) is 0 Å². The Morgan fingerprint density at radius 3 is 2.64 bits per heavy atom. The number of rotatable bonds is 6. The average Bonchev–Trinajstić information content (AvgIpc) is 3.36. The zero-order valence-electron chi connectivity index (χ0n) is 16.0. The maximum atomic E-state index is 5.39. The molecular weight excluding hydrogens is 354 g/mol. The van der Waals surface area contributed by atoms with Gasteiger partial charge in [0.1, 0.15) is 5.76 Å². The summed E-state index contributed by atoms with van der Waals surface area (Å²) in [6.45, 7) is 4.60. The molecule has 1 N–H and O–H groups in total. The second kappa shape index (κ2) is 7.59. The van der Waals surface area contributed by atoms with Gasteiger partial charge in [0.2, 0.25) is 5.95 Å². The number of nitrogens with zero attached hydrogens (tertiary/aromatic N) is 6. The minimum absolute atomic E-state index is 0.649. The summed E-state index contributed by atoms with van der Waals surface area (Å²) in [5.41, 5.74) is 5.58.